The molecule has 0 spiro atoms. The highest BCUT2D eigenvalue weighted by Gasteiger charge is 2.44. The number of nitrogens with one attached hydrogen (secondary N) is 17. The Kier molecular flexibility index (Phi) is 44.2. The molecule has 3 aromatic carbocycles. The fraction of sp³-hybridized carbons (Fsp3) is 0.581. The Morgan fingerprint density at radius 2 is 1.29 bits per heavy atom. The topological polar surface area (TPSA) is 635 Å². The Morgan fingerprint density at radius 1 is 0.634 bits per heavy atom. The molecule has 0 bridgehead atoms. The normalized spacial score (nSPS) is 22.9. The van der Waals surface area contributed by atoms with Crippen LogP contribution in [0.1, 0.15) is 201 Å². The smallest absolute Gasteiger partial charge is 0.303 e. The Labute approximate surface area is 779 Å². The lowest BCUT2D eigenvalue weighted by molar-refractivity contribution is -0.143. The second-order valence-electron chi connectivity index (χ2n) is 36.0. The van der Waals surface area contributed by atoms with E-state index in [1.54, 1.807) is 92.8 Å². The highest BCUT2D eigenvalue weighted by Crippen LogP contribution is 2.32. The molecule has 4 aromatic rings. The van der Waals surface area contributed by atoms with E-state index in [0.29, 0.717) is 59.1 Å². The Morgan fingerprint density at radius 3 is 1.95 bits per heavy atom. The summed E-state index contributed by atoms with van der Waals surface area (Å²) in [5.41, 5.74) is 27.7. The number of nitrogens with zero attached hydrogens (tertiary/aromatic N) is 1. The largest absolute Gasteiger partial charge is 0.508 e. The summed E-state index contributed by atoms with van der Waals surface area (Å²) in [6.07, 6.45) is 2.01. The van der Waals surface area contributed by atoms with Crippen molar-refractivity contribution in [3.63, 3.8) is 0 Å². The van der Waals surface area contributed by atoms with E-state index in [1.807, 2.05) is 0 Å². The number of carboxylic acid groups (broad SMARTS) is 1. The zero-order valence-corrected chi connectivity index (χ0v) is 78.0. The fourth-order valence-electron chi connectivity index (χ4n) is 15.8. The van der Waals surface area contributed by atoms with Crippen molar-refractivity contribution < 1.29 is 102 Å². The molecule has 1 aromatic heterocycles. The number of aromatic nitrogens is 1. The number of nitrogens with two attached hydrogens (primary N) is 2. The summed E-state index contributed by atoms with van der Waals surface area (Å²) in [6.45, 7) is 11.7. The Hall–Kier alpha value is -11.5. The van der Waals surface area contributed by atoms with Gasteiger partial charge >= 0.3 is 5.97 Å². The molecule has 3 heterocycles. The van der Waals surface area contributed by atoms with Crippen LogP contribution in [0.15, 0.2) is 97.0 Å². The maximum atomic E-state index is 15.7. The number of amides is 8. The van der Waals surface area contributed by atoms with Crippen LogP contribution in [0.5, 0.6) is 5.75 Å². The van der Waals surface area contributed by atoms with Crippen molar-refractivity contribution in [3.8, 4) is 5.75 Å². The molecule has 1 saturated heterocycles. The quantitative estimate of drug-likeness (QED) is 0.0189. The van der Waals surface area contributed by atoms with Crippen LogP contribution in [0.3, 0.4) is 0 Å². The number of benzene rings is 3. The first-order chi connectivity index (χ1) is 63.6. The lowest BCUT2D eigenvalue weighted by Gasteiger charge is -2.35. The number of hydrogen-bond donors (Lipinski definition) is 23. The number of primary amides is 1. The van der Waals surface area contributed by atoms with Crippen LogP contribution in [0, 0.1) is 11.8 Å². The van der Waals surface area contributed by atoms with E-state index in [9.17, 15) is 68.4 Å². The molecule has 41 heteroatoms. The number of para-hydroxylation sites is 1. The number of rotatable bonds is 38. The molecular weight excluding hydrogens is 1730 g/mol. The van der Waals surface area contributed by atoms with Crippen molar-refractivity contribution in [3.05, 3.63) is 114 Å². The van der Waals surface area contributed by atoms with Gasteiger partial charge in [0, 0.05) is 74.7 Å². The van der Waals surface area contributed by atoms with Crippen molar-refractivity contribution in [1.82, 2.24) is 95.8 Å². The number of aliphatic carboxylic acids is 1. The van der Waals surface area contributed by atoms with Crippen molar-refractivity contribution in [2.45, 2.75) is 293 Å². The van der Waals surface area contributed by atoms with E-state index in [4.69, 9.17) is 11.5 Å². The first kappa shape index (κ1) is 110. The maximum Gasteiger partial charge on any atom is 0.303 e. The van der Waals surface area contributed by atoms with Gasteiger partial charge in [-0.15, -0.1) is 5.53 Å². The third-order valence-corrected chi connectivity index (χ3v) is 24.5. The number of allylic oxidation sites excluding steroid dienone is 1. The average Bonchev–Trinajstić information content (AvgIpc) is 1.78. The predicted molar refractivity (Wildman–Crippen MR) is 494 cm³/mol. The van der Waals surface area contributed by atoms with E-state index in [1.165, 1.54) is 65.8 Å². The number of fused-ring (bicyclic) bond motifs is 2. The molecule has 7 rings (SSSR count). The number of phenols is 1. The molecule has 15 atom stereocenters. The number of carboxylic acids is 1. The number of carbonyl (C=O) groups excluding carboxylic acids is 16. The molecule has 1 saturated carbocycles. The van der Waals surface area contributed by atoms with E-state index < -0.39 is 217 Å². The maximum absolute atomic E-state index is 15.7. The SMILES string of the molecule is CC(=O)N[C@@H](CC(C)C)C(=O)N[C@H](C(=O)N[C@@H](Cc1ccccc1)C(=O)N[C@]1(C)CCCCCCN2NNC=C2CCC[C@@](C)(C(=O)N[C@@H](CO)C(=O)CN[C@@H](C)C(=O)CCN[C@@H](C)C(=O)CN)NC(=O)[C@H](CC2CCC2)NN[C@@H](CCC(N)=O)C(=O)CN[C@@H](C)C(=O)CC(=O)[C@H](Cc2c[nH]c3ccccc23)NN[C@@H](Cc2ccc(O)cc2)C(=O)C(=O)[C@H](CCC(=O)O)NC1=O)[C@@H](C)O. The first-order valence-electron chi connectivity index (χ1n) is 46.1. The minimum absolute atomic E-state index is 0.0170. The number of phenolic OH excluding ortho intramolecular Hbond substituents is 1. The van der Waals surface area contributed by atoms with Crippen molar-refractivity contribution in [1.29, 1.82) is 0 Å². The predicted octanol–water partition coefficient (Wildman–Crippen LogP) is -0.976. The van der Waals surface area contributed by atoms with Crippen molar-refractivity contribution in [2.24, 2.45) is 23.3 Å². The van der Waals surface area contributed by atoms with E-state index in [-0.39, 0.29) is 126 Å². The van der Waals surface area contributed by atoms with Crippen LogP contribution in [0.2, 0.25) is 0 Å². The van der Waals surface area contributed by atoms with Crippen LogP contribution in [0.4, 0.5) is 0 Å². The highest BCUT2D eigenvalue weighted by atomic mass is 16.4. The lowest BCUT2D eigenvalue weighted by Crippen LogP contribution is -2.65. The van der Waals surface area contributed by atoms with Crippen LogP contribution in [0.25, 0.3) is 10.9 Å². The molecule has 2 fully saturated rings. The highest BCUT2D eigenvalue weighted by molar-refractivity contribution is 6.41. The zero-order valence-electron chi connectivity index (χ0n) is 78.0. The van der Waals surface area contributed by atoms with E-state index in [2.05, 4.69) is 90.8 Å². The average molecular weight is 1870 g/mol. The van der Waals surface area contributed by atoms with Crippen molar-refractivity contribution in [2.75, 3.05) is 39.3 Å². The van der Waals surface area contributed by atoms with Gasteiger partial charge in [-0.1, -0.05) is 113 Å². The molecule has 0 unspecified atom stereocenters. The molecule has 3 aliphatic rings. The number of ketones is 8. The third kappa shape index (κ3) is 35.1. The van der Waals surface area contributed by atoms with Gasteiger partial charge in [-0.3, -0.25) is 86.5 Å². The summed E-state index contributed by atoms with van der Waals surface area (Å²) in [4.78, 5) is 244. The van der Waals surface area contributed by atoms with Gasteiger partial charge in [-0.05, 0) is 159 Å². The summed E-state index contributed by atoms with van der Waals surface area (Å²) < 4.78 is 0. The number of hydrogen-bond acceptors (Lipinski definition) is 31. The van der Waals surface area contributed by atoms with Crippen LogP contribution >= 0.6 is 0 Å². The van der Waals surface area contributed by atoms with Gasteiger partial charge < -0.3 is 95.5 Å². The number of carbonyl (C=O) groups is 17. The summed E-state index contributed by atoms with van der Waals surface area (Å²) in [5.74, 6) is -14.7. The minimum Gasteiger partial charge on any atom is -0.508 e. The number of hydrazine groups is 4. The van der Waals surface area contributed by atoms with Gasteiger partial charge in [0.2, 0.25) is 58.8 Å². The fourth-order valence-corrected chi connectivity index (χ4v) is 15.8. The summed E-state index contributed by atoms with van der Waals surface area (Å²) >= 11 is 0. The number of aliphatic hydroxyl groups is 2. The monoisotopic (exact) mass is 1870 g/mol. The van der Waals surface area contributed by atoms with E-state index in [0.717, 1.165) is 19.3 Å². The molecule has 0 radical (unpaired) electrons. The van der Waals surface area contributed by atoms with Crippen LogP contribution < -0.4 is 97.3 Å². The molecule has 736 valence electrons. The standard InChI is InChI=1S/C93H138N20O21/c1-53(2)41-71(101-58(7)116)86(129)105-83(57(6)115)89(132)102-72(43-59-21-13-12-14-22-59)87(130)106-92(8)37-17-10-11-18-40-113-63(49-100-112-113)25-20-38-93(9,91(134)104-74(52-114)80(123)51-97-54(3)75(118)36-39-96-56(5)78(121)47-94)107-88(131)73(44-60-23-19-24-60)111-108-67(32-34-81(95)124)79(122)50-98-55(4)76(119)46-77(120)69(45-62-48-99-66-27-16-15-26-65(62)66)109-110-70(42-61-28-30-64(117)31-29-61)85(128)84(127)68(103-90(92)133)33-35-82(125)126/h12-16,21-22,26-31,48-49,53-57,60,67-74,83,96-100,108-112,114-115,117H,10-11,17-20,23-25,32-47,50-52,94H2,1-9H3,(H2,95,124)(H,101,116)(H,102,132)(H,103,133)(H,104,134)(H,105,129)(H,106,130)(H,107,131)(H,125,126)/t54-,55-,56-,57+,67-,68-,69-,70-,71-,72-,73-,74-,83-,92+,93-/m0/s1. The lowest BCUT2D eigenvalue weighted by atomic mass is 9.80. The van der Waals surface area contributed by atoms with Gasteiger partial charge in [0.25, 0.3) is 0 Å². The summed E-state index contributed by atoms with van der Waals surface area (Å²) in [7, 11) is 0. The summed E-state index contributed by atoms with van der Waals surface area (Å²) in [6, 6.07) is 4.61. The van der Waals surface area contributed by atoms with Gasteiger partial charge in [0.1, 0.15) is 47.0 Å². The van der Waals surface area contributed by atoms with Crippen LogP contribution in [-0.4, -0.2) is 259 Å². The molecular formula is C93H138N20O21. The Balaban J connectivity index is 1.27. The minimum atomic E-state index is -2.13. The molecule has 1 aliphatic carbocycles. The number of aromatic hydroxyl groups is 1. The third-order valence-electron chi connectivity index (χ3n) is 24.5. The van der Waals surface area contributed by atoms with Gasteiger partial charge in [-0.25, -0.2) is 21.7 Å². The zero-order chi connectivity index (χ0) is 98.5. The molecule has 25 N–H and O–H groups in total. The van der Waals surface area contributed by atoms with Gasteiger partial charge in [-0.2, -0.15) is 0 Å². The van der Waals surface area contributed by atoms with Crippen molar-refractivity contribution >= 4 is 110 Å². The number of H-pyrrole nitrogens is 1. The van der Waals surface area contributed by atoms with E-state index >= 15 is 33.6 Å². The Bertz CT molecular complexity index is 4740. The second kappa shape index (κ2) is 54.1. The van der Waals surface area contributed by atoms with Gasteiger partial charge in [0.05, 0.1) is 81.1 Å². The molecule has 8 amide bonds. The number of Topliss-reactive ketones (excluding diaryl/α,β-unsaturated/α-hetero) is 8. The number of aromatic amines is 1. The molecule has 2 aliphatic heterocycles. The summed E-state index contributed by atoms with van der Waals surface area (Å²) in [5, 5.41) is 72.4. The molecule has 134 heavy (non-hydrogen) atoms. The first-order valence-corrected chi connectivity index (χ1v) is 46.1. The number of aliphatic hydroxyl groups excluding tert-OH is 2. The van der Waals surface area contributed by atoms with Gasteiger partial charge in [0.15, 0.2) is 34.7 Å². The van der Waals surface area contributed by atoms with Crippen LogP contribution in [-0.2, 0) is 101 Å². The molecule has 41 nitrogen and oxygen atoms in total. The second-order valence-corrected chi connectivity index (χ2v) is 36.0.